The number of aromatic hydroxyl groups is 1. The minimum atomic E-state index is -0.611. The van der Waals surface area contributed by atoms with Crippen LogP contribution in [0.5, 0.6) is 11.5 Å². The van der Waals surface area contributed by atoms with Gasteiger partial charge in [0, 0.05) is 6.07 Å². The zero-order valence-electron chi connectivity index (χ0n) is 13.1. The molecule has 3 atom stereocenters. The molecule has 1 aliphatic carbocycles. The molecule has 1 aliphatic rings. The van der Waals surface area contributed by atoms with E-state index in [2.05, 4.69) is 11.9 Å². The number of hydrogen-bond acceptors (Lipinski definition) is 4. The van der Waals surface area contributed by atoms with Crippen LogP contribution in [0.1, 0.15) is 52.4 Å². The number of rotatable bonds is 6. The summed E-state index contributed by atoms with van der Waals surface area (Å²) in [6.45, 7) is 4.66. The van der Waals surface area contributed by atoms with Crippen LogP contribution in [0.25, 0.3) is 0 Å². The van der Waals surface area contributed by atoms with E-state index >= 15 is 0 Å². The molecule has 0 amide bonds. The van der Waals surface area contributed by atoms with E-state index in [0.29, 0.717) is 18.3 Å². The van der Waals surface area contributed by atoms with Gasteiger partial charge in [0.2, 0.25) is 0 Å². The second kappa shape index (κ2) is 7.12. The summed E-state index contributed by atoms with van der Waals surface area (Å²) in [5.41, 5.74) is -0.611. The van der Waals surface area contributed by atoms with E-state index in [1.165, 1.54) is 19.0 Å². The number of aromatic nitrogens is 1. The Morgan fingerprint density at radius 3 is 2.81 bits per heavy atom. The molecule has 0 aliphatic heterocycles. The molecule has 1 saturated carbocycles. The Morgan fingerprint density at radius 1 is 1.33 bits per heavy atom. The fourth-order valence-corrected chi connectivity index (χ4v) is 3.61. The topological polar surface area (TPSA) is 62.6 Å². The van der Waals surface area contributed by atoms with Crippen molar-refractivity contribution in [2.45, 2.75) is 58.0 Å². The van der Waals surface area contributed by atoms with E-state index in [-0.39, 0.29) is 11.7 Å². The van der Waals surface area contributed by atoms with E-state index < -0.39 is 5.60 Å². The predicted molar refractivity (Wildman–Crippen MR) is 82.4 cm³/mol. The van der Waals surface area contributed by atoms with Gasteiger partial charge in [0.15, 0.2) is 0 Å². The van der Waals surface area contributed by atoms with Gasteiger partial charge in [-0.15, -0.1) is 0 Å². The molecule has 118 valence electrons. The summed E-state index contributed by atoms with van der Waals surface area (Å²) < 4.78 is 5.80. The number of aliphatic hydroxyl groups is 1. The first-order valence-corrected chi connectivity index (χ1v) is 8.02. The van der Waals surface area contributed by atoms with Crippen LogP contribution in [-0.4, -0.2) is 27.4 Å². The highest BCUT2D eigenvalue weighted by Crippen LogP contribution is 2.39. The lowest BCUT2D eigenvalue weighted by Gasteiger charge is -2.41. The van der Waals surface area contributed by atoms with Crippen molar-refractivity contribution in [3.63, 3.8) is 0 Å². The second-order valence-electron chi connectivity index (χ2n) is 6.45. The van der Waals surface area contributed by atoms with Crippen LogP contribution in [0, 0.1) is 11.8 Å². The lowest BCUT2D eigenvalue weighted by molar-refractivity contribution is -0.0578. The van der Waals surface area contributed by atoms with Crippen LogP contribution in [-0.2, 0) is 0 Å². The Balaban J connectivity index is 1.99. The highest BCUT2D eigenvalue weighted by Gasteiger charge is 2.38. The number of hydrogen-bond donors (Lipinski definition) is 2. The van der Waals surface area contributed by atoms with E-state index in [4.69, 9.17) is 4.74 Å². The fraction of sp³-hybridized carbons (Fsp3) is 0.706. The molecule has 0 spiro atoms. The highest BCUT2D eigenvalue weighted by molar-refractivity contribution is 5.26. The summed E-state index contributed by atoms with van der Waals surface area (Å²) in [7, 11) is 0. The van der Waals surface area contributed by atoms with E-state index in [0.717, 1.165) is 25.7 Å². The van der Waals surface area contributed by atoms with Gasteiger partial charge in [0.05, 0.1) is 24.6 Å². The summed E-state index contributed by atoms with van der Waals surface area (Å²) >= 11 is 0. The smallest absolute Gasteiger partial charge is 0.141 e. The lowest BCUT2D eigenvalue weighted by atomic mass is 9.69. The van der Waals surface area contributed by atoms with Crippen molar-refractivity contribution in [3.8, 4) is 11.5 Å². The second-order valence-corrected chi connectivity index (χ2v) is 6.45. The van der Waals surface area contributed by atoms with Crippen molar-refractivity contribution < 1.29 is 14.9 Å². The normalized spacial score (nSPS) is 25.3. The molecule has 2 N–H and O–H groups in total. The minimum absolute atomic E-state index is 0.116. The lowest BCUT2D eigenvalue weighted by Crippen LogP contribution is -2.42. The van der Waals surface area contributed by atoms with Crippen molar-refractivity contribution in [1.82, 2.24) is 4.98 Å². The molecule has 1 aromatic heterocycles. The number of ether oxygens (including phenoxy) is 1. The molecule has 1 heterocycles. The Bertz CT molecular complexity index is 447. The van der Waals surface area contributed by atoms with Gasteiger partial charge in [0.1, 0.15) is 11.5 Å². The third-order valence-corrected chi connectivity index (χ3v) is 4.63. The van der Waals surface area contributed by atoms with Gasteiger partial charge in [0.25, 0.3) is 0 Å². The molecule has 1 aromatic rings. The van der Waals surface area contributed by atoms with Crippen molar-refractivity contribution in [2.24, 2.45) is 11.8 Å². The van der Waals surface area contributed by atoms with Gasteiger partial charge >= 0.3 is 0 Å². The average Bonchev–Trinajstić information content (AvgIpc) is 2.45. The third-order valence-electron chi connectivity index (χ3n) is 4.63. The summed E-state index contributed by atoms with van der Waals surface area (Å²) in [5, 5.41) is 20.2. The fourth-order valence-electron chi connectivity index (χ4n) is 3.61. The largest absolute Gasteiger partial charge is 0.506 e. The maximum atomic E-state index is 10.7. The SMILES string of the molecule is CCCC(C)(O)C1CCCCC1COc1cncc(O)c1. The van der Waals surface area contributed by atoms with Crippen LogP contribution >= 0.6 is 0 Å². The van der Waals surface area contributed by atoms with Crippen LogP contribution in [0.2, 0.25) is 0 Å². The first-order valence-electron chi connectivity index (χ1n) is 8.02. The van der Waals surface area contributed by atoms with Crippen LogP contribution in [0.15, 0.2) is 18.5 Å². The van der Waals surface area contributed by atoms with Gasteiger partial charge in [-0.3, -0.25) is 4.98 Å². The van der Waals surface area contributed by atoms with Gasteiger partial charge in [-0.25, -0.2) is 0 Å². The highest BCUT2D eigenvalue weighted by atomic mass is 16.5. The summed E-state index contributed by atoms with van der Waals surface area (Å²) in [4.78, 5) is 3.92. The minimum Gasteiger partial charge on any atom is -0.506 e. The average molecular weight is 293 g/mol. The van der Waals surface area contributed by atoms with Crippen LogP contribution in [0.4, 0.5) is 0 Å². The first-order chi connectivity index (χ1) is 10.0. The zero-order valence-corrected chi connectivity index (χ0v) is 13.1. The van der Waals surface area contributed by atoms with Gasteiger partial charge in [-0.2, -0.15) is 0 Å². The van der Waals surface area contributed by atoms with Crippen molar-refractivity contribution >= 4 is 0 Å². The Kier molecular flexibility index (Phi) is 5.45. The Morgan fingerprint density at radius 2 is 2.10 bits per heavy atom. The van der Waals surface area contributed by atoms with E-state index in [1.54, 1.807) is 12.3 Å². The summed E-state index contributed by atoms with van der Waals surface area (Å²) in [5.74, 6) is 1.36. The van der Waals surface area contributed by atoms with E-state index in [9.17, 15) is 10.2 Å². The molecule has 3 unspecified atom stereocenters. The zero-order chi connectivity index (χ0) is 15.3. The molecule has 0 bridgehead atoms. The van der Waals surface area contributed by atoms with Gasteiger partial charge < -0.3 is 14.9 Å². The molecule has 1 fully saturated rings. The van der Waals surface area contributed by atoms with Crippen molar-refractivity contribution in [1.29, 1.82) is 0 Å². The molecule has 4 heteroatoms. The number of nitrogens with zero attached hydrogens (tertiary/aromatic N) is 1. The molecule has 0 radical (unpaired) electrons. The van der Waals surface area contributed by atoms with E-state index in [1.807, 2.05) is 6.92 Å². The predicted octanol–water partition coefficient (Wildman–Crippen LogP) is 3.52. The number of pyridine rings is 1. The maximum Gasteiger partial charge on any atom is 0.141 e. The molecule has 2 rings (SSSR count). The summed E-state index contributed by atoms with van der Waals surface area (Å²) in [6, 6.07) is 1.58. The van der Waals surface area contributed by atoms with Gasteiger partial charge in [-0.1, -0.05) is 26.2 Å². The summed E-state index contributed by atoms with van der Waals surface area (Å²) in [6.07, 6.45) is 9.38. The maximum absolute atomic E-state index is 10.7. The molecular formula is C17H27NO3. The van der Waals surface area contributed by atoms with Crippen LogP contribution in [0.3, 0.4) is 0 Å². The molecule has 21 heavy (non-hydrogen) atoms. The van der Waals surface area contributed by atoms with Crippen molar-refractivity contribution in [3.05, 3.63) is 18.5 Å². The Labute approximate surface area is 127 Å². The monoisotopic (exact) mass is 293 g/mol. The first kappa shape index (κ1) is 16.1. The Hall–Kier alpha value is -1.29. The molecule has 0 aromatic carbocycles. The molecule has 4 nitrogen and oxygen atoms in total. The molecular weight excluding hydrogens is 266 g/mol. The van der Waals surface area contributed by atoms with Gasteiger partial charge in [-0.05, 0) is 38.0 Å². The third kappa shape index (κ3) is 4.34. The van der Waals surface area contributed by atoms with Crippen molar-refractivity contribution in [2.75, 3.05) is 6.61 Å². The molecule has 0 saturated heterocycles. The van der Waals surface area contributed by atoms with Crippen LogP contribution < -0.4 is 4.74 Å². The quantitative estimate of drug-likeness (QED) is 0.842. The standard InChI is InChI=1S/C17H27NO3/c1-3-8-17(2,20)16-7-5-4-6-13(16)12-21-15-9-14(19)10-18-11-15/h9-11,13,16,19-20H,3-8,12H2,1-2H3.